The van der Waals surface area contributed by atoms with Crippen molar-refractivity contribution in [2.75, 3.05) is 27.4 Å². The minimum absolute atomic E-state index is 0.0734. The van der Waals surface area contributed by atoms with Gasteiger partial charge in [0, 0.05) is 37.7 Å². The summed E-state index contributed by atoms with van der Waals surface area (Å²) in [6.45, 7) is 6.96. The summed E-state index contributed by atoms with van der Waals surface area (Å²) in [7, 11) is 3.11. The van der Waals surface area contributed by atoms with Gasteiger partial charge in [-0.3, -0.25) is 14.4 Å². The molecular weight excluding hydrogens is 410 g/mol. The van der Waals surface area contributed by atoms with Crippen molar-refractivity contribution in [1.29, 1.82) is 0 Å². The Kier molecular flexibility index (Phi) is 9.46. The number of rotatable bonds is 11. The van der Waals surface area contributed by atoms with E-state index in [-0.39, 0.29) is 17.2 Å². The number of para-hydroxylation sites is 1. The maximum absolute atomic E-state index is 13.0. The summed E-state index contributed by atoms with van der Waals surface area (Å²) in [6, 6.07) is 7.16. The van der Waals surface area contributed by atoms with E-state index in [1.165, 1.54) is 19.5 Å². The molecule has 0 fully saturated rings. The van der Waals surface area contributed by atoms with Crippen molar-refractivity contribution in [1.82, 2.24) is 15.2 Å². The predicted octanol–water partition coefficient (Wildman–Crippen LogP) is 2.45. The van der Waals surface area contributed by atoms with Gasteiger partial charge in [-0.1, -0.05) is 32.0 Å². The highest BCUT2D eigenvalue weighted by molar-refractivity contribution is 5.99. The van der Waals surface area contributed by atoms with Crippen molar-refractivity contribution in [2.45, 2.75) is 39.8 Å². The second-order valence-electron chi connectivity index (χ2n) is 8.17. The van der Waals surface area contributed by atoms with Crippen LogP contribution in [0.15, 0.2) is 41.5 Å². The molecular formula is C24H33N3O5. The summed E-state index contributed by atoms with van der Waals surface area (Å²) in [5.41, 5.74) is 0.0735. The fourth-order valence-corrected chi connectivity index (χ4v) is 3.24. The first-order valence-corrected chi connectivity index (χ1v) is 10.7. The molecule has 1 atom stereocenters. The van der Waals surface area contributed by atoms with E-state index in [9.17, 15) is 14.4 Å². The molecule has 2 N–H and O–H groups in total. The van der Waals surface area contributed by atoms with Gasteiger partial charge >= 0.3 is 0 Å². The molecule has 0 aliphatic carbocycles. The number of nitrogens with one attached hydrogen (secondary N) is 2. The van der Waals surface area contributed by atoms with E-state index in [2.05, 4.69) is 24.5 Å². The number of nitrogens with zero attached hydrogens (tertiary/aromatic N) is 1. The molecule has 0 aliphatic heterocycles. The zero-order valence-corrected chi connectivity index (χ0v) is 19.4. The molecule has 0 aliphatic rings. The molecule has 32 heavy (non-hydrogen) atoms. The van der Waals surface area contributed by atoms with E-state index < -0.39 is 17.2 Å². The lowest BCUT2D eigenvalue weighted by Crippen LogP contribution is -2.40. The fourth-order valence-electron chi connectivity index (χ4n) is 3.24. The lowest BCUT2D eigenvalue weighted by atomic mass is 10.1. The van der Waals surface area contributed by atoms with Crippen molar-refractivity contribution in [3.05, 3.63) is 63.6 Å². The van der Waals surface area contributed by atoms with Crippen LogP contribution in [0.3, 0.4) is 0 Å². The van der Waals surface area contributed by atoms with Crippen LogP contribution < -0.4 is 20.8 Å². The van der Waals surface area contributed by atoms with Crippen molar-refractivity contribution in [3.8, 4) is 5.75 Å². The molecule has 1 aromatic heterocycles. The lowest BCUT2D eigenvalue weighted by Gasteiger charge is -2.16. The number of methoxy groups -OCH3 is 2. The Labute approximate surface area is 188 Å². The average Bonchev–Trinajstić information content (AvgIpc) is 2.74. The minimum atomic E-state index is -0.606. The number of hydrogen-bond donors (Lipinski definition) is 2. The normalized spacial score (nSPS) is 11.8. The summed E-state index contributed by atoms with van der Waals surface area (Å²) in [5, 5.41) is 5.53. The summed E-state index contributed by atoms with van der Waals surface area (Å²) < 4.78 is 12.1. The molecule has 2 amide bonds. The number of aromatic nitrogens is 1. The van der Waals surface area contributed by atoms with Crippen LogP contribution in [0.5, 0.6) is 5.75 Å². The molecule has 0 spiro atoms. The molecule has 0 bridgehead atoms. The van der Waals surface area contributed by atoms with Crippen LogP contribution in [0, 0.1) is 5.92 Å². The van der Waals surface area contributed by atoms with Gasteiger partial charge in [-0.15, -0.1) is 0 Å². The monoisotopic (exact) mass is 443 g/mol. The Hall–Kier alpha value is -3.13. The van der Waals surface area contributed by atoms with Crippen LogP contribution in [-0.2, 0) is 11.3 Å². The molecule has 2 rings (SSSR count). The van der Waals surface area contributed by atoms with Crippen LogP contribution in [0.1, 0.15) is 53.5 Å². The van der Waals surface area contributed by atoms with E-state index in [0.29, 0.717) is 31.4 Å². The number of ether oxygens (including phenoxy) is 2. The first-order chi connectivity index (χ1) is 15.3. The Morgan fingerprint density at radius 2 is 1.69 bits per heavy atom. The summed E-state index contributed by atoms with van der Waals surface area (Å²) >= 11 is 0. The number of carbonyl (C=O) groups is 2. The molecule has 1 aromatic carbocycles. The highest BCUT2D eigenvalue weighted by Gasteiger charge is 2.21. The van der Waals surface area contributed by atoms with Crippen molar-refractivity contribution in [3.63, 3.8) is 0 Å². The Morgan fingerprint density at radius 1 is 1.03 bits per heavy atom. The SMILES string of the molecule is COC[C@H](C)NC(=O)c1cn(Cc2ccccc2OC)cc(C(=O)NCCC(C)C)c1=O. The predicted molar refractivity (Wildman–Crippen MR) is 123 cm³/mol. The molecule has 1 heterocycles. The minimum Gasteiger partial charge on any atom is -0.496 e. The number of carbonyl (C=O) groups excluding carboxylic acids is 2. The zero-order valence-electron chi connectivity index (χ0n) is 19.4. The van der Waals surface area contributed by atoms with E-state index in [1.807, 2.05) is 24.3 Å². The summed E-state index contributed by atoms with van der Waals surface area (Å²) in [5.74, 6) is 0.0416. The van der Waals surface area contributed by atoms with Gasteiger partial charge in [-0.25, -0.2) is 0 Å². The third kappa shape index (κ3) is 6.95. The number of pyridine rings is 1. The fraction of sp³-hybridized carbons (Fsp3) is 0.458. The lowest BCUT2D eigenvalue weighted by molar-refractivity contribution is 0.0903. The van der Waals surface area contributed by atoms with Gasteiger partial charge < -0.3 is 24.7 Å². The molecule has 8 nitrogen and oxygen atoms in total. The van der Waals surface area contributed by atoms with Crippen LogP contribution in [0.4, 0.5) is 0 Å². The topological polar surface area (TPSA) is 98.7 Å². The van der Waals surface area contributed by atoms with Crippen LogP contribution in [-0.4, -0.2) is 49.8 Å². The molecule has 0 saturated carbocycles. The van der Waals surface area contributed by atoms with E-state index in [1.54, 1.807) is 18.6 Å². The molecule has 2 aromatic rings. The smallest absolute Gasteiger partial charge is 0.257 e. The number of amides is 2. The van der Waals surface area contributed by atoms with Gasteiger partial charge in [0.2, 0.25) is 5.43 Å². The molecule has 0 radical (unpaired) electrons. The molecule has 174 valence electrons. The molecule has 8 heteroatoms. The van der Waals surface area contributed by atoms with Crippen molar-refractivity contribution in [2.24, 2.45) is 5.92 Å². The third-order valence-electron chi connectivity index (χ3n) is 4.92. The van der Waals surface area contributed by atoms with E-state index >= 15 is 0 Å². The van der Waals surface area contributed by atoms with E-state index in [4.69, 9.17) is 9.47 Å². The second-order valence-corrected chi connectivity index (χ2v) is 8.17. The van der Waals surface area contributed by atoms with Crippen molar-refractivity contribution >= 4 is 11.8 Å². The first-order valence-electron chi connectivity index (χ1n) is 10.7. The van der Waals surface area contributed by atoms with Crippen LogP contribution in [0.25, 0.3) is 0 Å². The van der Waals surface area contributed by atoms with Gasteiger partial charge in [0.05, 0.1) is 20.3 Å². The Balaban J connectivity index is 2.43. The van der Waals surface area contributed by atoms with Crippen LogP contribution in [0.2, 0.25) is 0 Å². The molecule has 0 unspecified atom stereocenters. The summed E-state index contributed by atoms with van der Waals surface area (Å²) in [4.78, 5) is 38.6. The highest BCUT2D eigenvalue weighted by Crippen LogP contribution is 2.18. The van der Waals surface area contributed by atoms with Gasteiger partial charge in [0.25, 0.3) is 11.8 Å². The van der Waals surface area contributed by atoms with Gasteiger partial charge in [-0.2, -0.15) is 0 Å². The summed E-state index contributed by atoms with van der Waals surface area (Å²) in [6.07, 6.45) is 3.74. The molecule has 0 saturated heterocycles. The maximum Gasteiger partial charge on any atom is 0.257 e. The average molecular weight is 444 g/mol. The maximum atomic E-state index is 13.0. The van der Waals surface area contributed by atoms with Crippen molar-refractivity contribution < 1.29 is 19.1 Å². The van der Waals surface area contributed by atoms with Crippen LogP contribution >= 0.6 is 0 Å². The third-order valence-corrected chi connectivity index (χ3v) is 4.92. The largest absolute Gasteiger partial charge is 0.496 e. The zero-order chi connectivity index (χ0) is 23.7. The number of benzene rings is 1. The highest BCUT2D eigenvalue weighted by atomic mass is 16.5. The first kappa shape index (κ1) is 25.1. The van der Waals surface area contributed by atoms with Gasteiger partial charge in [-0.05, 0) is 25.3 Å². The Morgan fingerprint density at radius 3 is 2.31 bits per heavy atom. The Bertz CT molecular complexity index is 984. The second kappa shape index (κ2) is 12.0. The standard InChI is InChI=1S/C24H33N3O5/c1-16(2)10-11-25-23(29)19-13-27(12-18-8-6-7-9-21(18)32-5)14-20(22(19)28)24(30)26-17(3)15-31-4/h6-9,13-14,16-17H,10-12,15H2,1-5H3,(H,25,29)(H,26,30)/t17-/m0/s1. The quantitative estimate of drug-likeness (QED) is 0.556. The van der Waals surface area contributed by atoms with Gasteiger partial charge in [0.1, 0.15) is 16.9 Å². The van der Waals surface area contributed by atoms with E-state index in [0.717, 1.165) is 12.0 Å². The number of hydrogen-bond acceptors (Lipinski definition) is 5. The van der Waals surface area contributed by atoms with Gasteiger partial charge in [0.15, 0.2) is 0 Å².